The van der Waals surface area contributed by atoms with Crippen LogP contribution in [-0.4, -0.2) is 48.0 Å². The fraction of sp³-hybridized carbons (Fsp3) is 0.118. The van der Waals surface area contributed by atoms with Crippen molar-refractivity contribution in [2.75, 3.05) is 7.11 Å². The summed E-state index contributed by atoms with van der Waals surface area (Å²) in [6.07, 6.45) is 1.43. The third-order valence-corrected chi connectivity index (χ3v) is 13.3. The van der Waals surface area contributed by atoms with E-state index in [1.807, 2.05) is 6.07 Å². The van der Waals surface area contributed by atoms with Crippen LogP contribution >= 0.6 is 0 Å². The Kier molecular flexibility index (Phi) is 26.9. The topological polar surface area (TPSA) is 283 Å². The Morgan fingerprint density at radius 3 is 1.21 bits per heavy atom. The van der Waals surface area contributed by atoms with E-state index in [0.717, 1.165) is 62.4 Å². The average molecular weight is 3280 g/mol. The van der Waals surface area contributed by atoms with Gasteiger partial charge in [-0.15, -0.1) is 6.07 Å². The van der Waals surface area contributed by atoms with Crippen LogP contribution in [0.4, 0.5) is 0 Å². The molecule has 0 saturated heterocycles. The molecule has 442 valence electrons. The number of fused-ring (bicyclic) bond motifs is 4. The summed E-state index contributed by atoms with van der Waals surface area (Å²) in [5, 5.41) is 73.0. The van der Waals surface area contributed by atoms with Gasteiger partial charge < -0.3 is 58.5 Å². The first-order valence-electron chi connectivity index (χ1n) is 26.1. The van der Waals surface area contributed by atoms with Gasteiger partial charge in [-0.25, -0.2) is 9.59 Å². The predicted molar refractivity (Wildman–Crippen MR) is 320 cm³/mol. The largest absolute Gasteiger partial charge is 0.463 e. The summed E-state index contributed by atoms with van der Waals surface area (Å²) in [5.74, 6) is 0.480. The standard InChI is InChI=1S/3C17H14O4.C16H11O3.CH4O.8Sg/c18-9-11-1-4-13(5-2-11)17-8-15(20)14-7-12(10-19)3-6-16(14)21-17;18-9-11-1-4-13(5-2-11)15-8-14-6-3-12(10-19)7-16(14)21-17(15)20;18-8-11-1-4-13(5-2-11)15-10-21-16-7-12(9-19)3-6-14(16)17(15)20;17-10-11-5-7-12(8-6-11)14-9-13-3-1-2-4-15(13)19-16(14)18;1-2;;;;;;;;/h2*1-8,18-19H,9-10H2;1-7,10,18-19H,8-9H2;2-9,17H,10H2;2H,1H3;;;;;;;;/q;;;-1;;;;;;;;;. The Morgan fingerprint density at radius 2 is 0.728 bits per heavy atom. The van der Waals surface area contributed by atoms with E-state index < -0.39 is 5.63 Å². The van der Waals surface area contributed by atoms with E-state index in [2.05, 4.69) is 6.07 Å². The molecule has 0 aliphatic heterocycles. The first kappa shape index (κ1) is 74.3. The van der Waals surface area contributed by atoms with Crippen LogP contribution in [0.15, 0.2) is 231 Å². The number of benzene rings is 8. The Hall–Kier alpha value is -17.7. The minimum absolute atomic E-state index is 0. The monoisotopic (exact) mass is 3300 g/mol. The van der Waals surface area contributed by atoms with E-state index in [9.17, 15) is 19.2 Å². The fourth-order valence-corrected chi connectivity index (χ4v) is 8.72. The van der Waals surface area contributed by atoms with Gasteiger partial charge in [0.15, 0.2) is 10.9 Å². The molecule has 12 aromatic rings. The van der Waals surface area contributed by atoms with Crippen molar-refractivity contribution in [2.45, 2.75) is 46.2 Å². The van der Waals surface area contributed by atoms with E-state index in [0.29, 0.717) is 72.2 Å². The van der Waals surface area contributed by atoms with Crippen molar-refractivity contribution < 1.29 is 58.5 Å². The van der Waals surface area contributed by atoms with Crippen LogP contribution in [0.3, 0.4) is 0 Å². The number of hydrogen-bond acceptors (Lipinski definition) is 16. The summed E-state index contributed by atoms with van der Waals surface area (Å²) >= 11 is 0. The molecule has 0 atom stereocenters. The molecule has 0 amide bonds. The Bertz CT molecular complexity index is 4390. The summed E-state index contributed by atoms with van der Waals surface area (Å²) in [6, 6.07) is 57.1. The molecular weight excluding hydrogens is 3220 g/mol. The van der Waals surface area contributed by atoms with E-state index in [4.69, 9.17) is 58.5 Å². The van der Waals surface area contributed by atoms with Crippen molar-refractivity contribution >= 4 is 43.9 Å². The van der Waals surface area contributed by atoms with E-state index >= 15 is 0 Å². The first-order chi connectivity index (χ1) is 40.9. The third-order valence-electron chi connectivity index (χ3n) is 13.3. The smallest absolute Gasteiger partial charge is 0.344 e. The SMILES string of the molecule is CO.O=c1c(-c2ccc(CO)cc2)coc2cc(CO)ccc12.O=c1cc(-c2ccc(CO)cc2)oc2ccc(CO)cc12.O=c1oc2cc(CO)ccc2cc1-c1ccc(CO)cc1.O=c1oc2cc[c-]cc2cc1-c1ccc(CO)cc1.[Sg].[Sg].[Sg].[Sg].[Sg].[Sg].[Sg].[Sg]. The maximum atomic E-state index is 12.5. The molecule has 12 rings (SSSR count). The summed E-state index contributed by atoms with van der Waals surface area (Å²) in [6.45, 7) is -0.395. The normalized spacial score (nSPS) is 9.79. The van der Waals surface area contributed by atoms with Gasteiger partial charge in [-0.3, -0.25) is 9.59 Å². The van der Waals surface area contributed by atoms with Gasteiger partial charge in [-0.1, -0.05) is 133 Å². The second kappa shape index (κ2) is 33.3. The minimum Gasteiger partial charge on any atom is -0.463 e. The second-order valence-electron chi connectivity index (χ2n) is 18.7. The molecule has 0 fully saturated rings. The number of rotatable bonds is 11. The summed E-state index contributed by atoms with van der Waals surface area (Å²) < 4.78 is 21.9. The van der Waals surface area contributed by atoms with Gasteiger partial charge in [0.05, 0.1) is 73.7 Å². The molecule has 8 aromatic carbocycles. The molecular formula is C68H57O16Sg8-. The van der Waals surface area contributed by atoms with Crippen molar-refractivity contribution in [2.24, 2.45) is 0 Å². The van der Waals surface area contributed by atoms with Crippen LogP contribution in [-0.2, 0) is 46.2 Å². The van der Waals surface area contributed by atoms with Gasteiger partial charge in [0.1, 0.15) is 28.8 Å². The average Bonchev–Trinajstić information content (AvgIpc) is 0.849. The zero-order chi connectivity index (χ0) is 59.7. The molecule has 92 heavy (non-hydrogen) atoms. The maximum Gasteiger partial charge on any atom is 0.344 e. The molecule has 8 N–H and O–H groups in total. The van der Waals surface area contributed by atoms with Gasteiger partial charge in [0.2, 0.25) is 0 Å². The zero-order valence-electron chi connectivity index (χ0n) is 50.9. The molecule has 0 bridgehead atoms. The van der Waals surface area contributed by atoms with Crippen LogP contribution < -0.4 is 22.1 Å². The van der Waals surface area contributed by atoms with E-state index in [-0.39, 0.29) is 62.7 Å². The Morgan fingerprint density at radius 1 is 0.337 bits per heavy atom. The fourth-order valence-electron chi connectivity index (χ4n) is 8.72. The Labute approximate surface area is 479 Å². The maximum absolute atomic E-state index is 12.5. The predicted octanol–water partition coefficient (Wildman–Crippen LogP) is 9.69. The van der Waals surface area contributed by atoms with Crippen LogP contribution in [0.2, 0.25) is 0 Å². The first-order valence-corrected chi connectivity index (χ1v) is 26.1. The quantitative estimate of drug-likeness (QED) is 0.0442. The second-order valence-corrected chi connectivity index (χ2v) is 18.7. The van der Waals surface area contributed by atoms with Crippen molar-refractivity contribution in [1.82, 2.24) is 0 Å². The summed E-state index contributed by atoms with van der Waals surface area (Å²) in [7, 11) is 1.00. The van der Waals surface area contributed by atoms with Crippen LogP contribution in [0.25, 0.3) is 88.6 Å². The van der Waals surface area contributed by atoms with E-state index in [1.54, 1.807) is 176 Å². The molecule has 0 radical (unpaired) electrons. The van der Waals surface area contributed by atoms with Crippen molar-refractivity contribution in [3.63, 3.8) is 0 Å². The van der Waals surface area contributed by atoms with Crippen molar-refractivity contribution in [3.8, 4) is 44.7 Å². The molecule has 4 heterocycles. The molecule has 24 heteroatoms. The van der Waals surface area contributed by atoms with Gasteiger partial charge >= 0.3 is 11.3 Å². The van der Waals surface area contributed by atoms with Gasteiger partial charge in [-0.05, 0) is 92.0 Å². The number of aliphatic hydroxyl groups excluding tert-OH is 8. The number of aliphatic hydroxyl groups is 8. The van der Waals surface area contributed by atoms with Gasteiger partial charge in [-0.2, -0.15) is 18.2 Å². The molecule has 16 nitrogen and oxygen atoms in total. The number of hydrogen-bond donors (Lipinski definition) is 8. The molecule has 0 saturated carbocycles. The summed E-state index contributed by atoms with van der Waals surface area (Å²) in [5.41, 5.74) is 10.7. The van der Waals surface area contributed by atoms with Crippen molar-refractivity contribution in [1.29, 1.82) is 0 Å². The zero-order valence-corrected chi connectivity index (χ0v) is 103. The molecule has 0 spiro atoms. The van der Waals surface area contributed by atoms with Crippen LogP contribution in [0.5, 0.6) is 0 Å². The van der Waals surface area contributed by atoms with Crippen LogP contribution in [0, 0.1) is 6.07 Å². The Balaban J connectivity index is 0.00000116. The van der Waals surface area contributed by atoms with Crippen LogP contribution in [0.1, 0.15) is 38.9 Å². The molecule has 0 aliphatic carbocycles. The van der Waals surface area contributed by atoms with Gasteiger partial charge in [0.25, 0.3) is 0 Å². The molecule has 4 aromatic heterocycles. The minimum atomic E-state index is -0.422. The van der Waals surface area contributed by atoms with Crippen molar-refractivity contribution in [3.05, 3.63) is 281 Å². The molecule has 0 unspecified atom stereocenters. The van der Waals surface area contributed by atoms with E-state index in [1.165, 1.54) is 12.3 Å². The summed E-state index contributed by atoms with van der Waals surface area (Å²) in [4.78, 5) is 48.8. The van der Waals surface area contributed by atoms with Gasteiger partial charge in [0, 0.05) is 29.7 Å². The molecule has 0 aliphatic rings. The third kappa shape index (κ3) is 16.0.